The average molecular weight is 241 g/mol. The van der Waals surface area contributed by atoms with E-state index < -0.39 is 12.3 Å². The minimum Gasteiger partial charge on any atom is -0.381 e. The smallest absolute Gasteiger partial charge is 0.130 e. The van der Waals surface area contributed by atoms with E-state index in [9.17, 15) is 9.50 Å². The van der Waals surface area contributed by atoms with Gasteiger partial charge in [0.25, 0.3) is 0 Å². The number of hydrogen-bond acceptors (Lipinski definition) is 3. The Morgan fingerprint density at radius 3 is 3.06 bits per heavy atom. The predicted octanol–water partition coefficient (Wildman–Crippen LogP) is 1.71. The molecule has 0 aromatic heterocycles. The maximum atomic E-state index is 13.0. The first-order valence-electron chi connectivity index (χ1n) is 5.39. The van der Waals surface area contributed by atoms with Gasteiger partial charge in [-0.15, -0.1) is 11.8 Å². The maximum Gasteiger partial charge on any atom is 0.130 e. The third kappa shape index (κ3) is 2.10. The lowest BCUT2D eigenvalue weighted by Gasteiger charge is -2.25. The minimum atomic E-state index is -1.40. The number of benzene rings is 1. The Labute approximate surface area is 99.2 Å². The fourth-order valence-corrected chi connectivity index (χ4v) is 3.08. The lowest BCUT2D eigenvalue weighted by molar-refractivity contribution is 0.0132. The molecule has 0 saturated carbocycles. The Hall–Kier alpha value is -0.580. The quantitative estimate of drug-likeness (QED) is 0.841. The Kier molecular flexibility index (Phi) is 3.52. The highest BCUT2D eigenvalue weighted by molar-refractivity contribution is 7.99. The number of thioether (sulfide) groups is 1. The molecule has 1 aliphatic rings. The van der Waals surface area contributed by atoms with Gasteiger partial charge in [0.2, 0.25) is 0 Å². The van der Waals surface area contributed by atoms with Crippen molar-refractivity contribution in [2.24, 2.45) is 0 Å². The van der Waals surface area contributed by atoms with Crippen LogP contribution >= 0.6 is 11.8 Å². The Balaban J connectivity index is 2.32. The SMILES string of the molecule is CNCC(O)(CF)c1ccc2c(c1)SCC2. The van der Waals surface area contributed by atoms with E-state index in [0.717, 1.165) is 12.2 Å². The Bertz CT molecular complexity index is 385. The van der Waals surface area contributed by atoms with Crippen LogP contribution < -0.4 is 5.32 Å². The number of halogens is 1. The Morgan fingerprint density at radius 2 is 2.38 bits per heavy atom. The first-order valence-corrected chi connectivity index (χ1v) is 6.37. The normalized spacial score (nSPS) is 18.2. The molecule has 2 N–H and O–H groups in total. The largest absolute Gasteiger partial charge is 0.381 e. The van der Waals surface area contributed by atoms with Crippen molar-refractivity contribution < 1.29 is 9.50 Å². The van der Waals surface area contributed by atoms with Crippen LogP contribution in [-0.2, 0) is 12.0 Å². The van der Waals surface area contributed by atoms with E-state index >= 15 is 0 Å². The lowest BCUT2D eigenvalue weighted by atomic mass is 9.94. The summed E-state index contributed by atoms with van der Waals surface area (Å²) < 4.78 is 13.0. The molecular weight excluding hydrogens is 225 g/mol. The van der Waals surface area contributed by atoms with Crippen LogP contribution in [0, 0.1) is 0 Å². The zero-order chi connectivity index (χ0) is 11.6. The highest BCUT2D eigenvalue weighted by Gasteiger charge is 2.29. The molecule has 16 heavy (non-hydrogen) atoms. The van der Waals surface area contributed by atoms with Gasteiger partial charge in [0.05, 0.1) is 0 Å². The molecule has 2 rings (SSSR count). The fourth-order valence-electron chi connectivity index (χ4n) is 1.97. The fraction of sp³-hybridized carbons (Fsp3) is 0.500. The van der Waals surface area contributed by atoms with Crippen molar-refractivity contribution in [3.05, 3.63) is 29.3 Å². The predicted molar refractivity (Wildman–Crippen MR) is 64.7 cm³/mol. The highest BCUT2D eigenvalue weighted by Crippen LogP contribution is 2.34. The number of aryl methyl sites for hydroxylation is 1. The van der Waals surface area contributed by atoms with Crippen LogP contribution in [-0.4, -0.2) is 31.1 Å². The van der Waals surface area contributed by atoms with Crippen molar-refractivity contribution in [1.82, 2.24) is 5.32 Å². The maximum absolute atomic E-state index is 13.0. The van der Waals surface area contributed by atoms with Crippen LogP contribution in [0.1, 0.15) is 11.1 Å². The van der Waals surface area contributed by atoms with Crippen LogP contribution in [0.2, 0.25) is 0 Å². The summed E-state index contributed by atoms with van der Waals surface area (Å²) in [7, 11) is 1.71. The van der Waals surface area contributed by atoms with Crippen LogP contribution in [0.3, 0.4) is 0 Å². The zero-order valence-electron chi connectivity index (χ0n) is 9.29. The minimum absolute atomic E-state index is 0.229. The number of alkyl halides is 1. The lowest BCUT2D eigenvalue weighted by Crippen LogP contribution is -2.38. The van der Waals surface area contributed by atoms with Crippen LogP contribution in [0.4, 0.5) is 4.39 Å². The molecule has 1 aromatic carbocycles. The van der Waals surface area contributed by atoms with Gasteiger partial charge >= 0.3 is 0 Å². The molecule has 0 fully saturated rings. The standard InChI is InChI=1S/C12H16FNOS/c1-14-8-12(15,7-13)10-3-2-9-4-5-16-11(9)6-10/h2-3,6,14-15H,4-5,7-8H2,1H3. The van der Waals surface area contributed by atoms with Crippen molar-refractivity contribution in [3.63, 3.8) is 0 Å². The summed E-state index contributed by atoms with van der Waals surface area (Å²) >= 11 is 1.77. The van der Waals surface area contributed by atoms with Gasteiger partial charge in [-0.25, -0.2) is 4.39 Å². The summed E-state index contributed by atoms with van der Waals surface area (Å²) in [6.07, 6.45) is 1.07. The summed E-state index contributed by atoms with van der Waals surface area (Å²) in [6.45, 7) is -0.537. The van der Waals surface area contributed by atoms with Crippen molar-refractivity contribution in [1.29, 1.82) is 0 Å². The Morgan fingerprint density at radius 1 is 1.56 bits per heavy atom. The molecule has 88 valence electrons. The molecule has 1 atom stereocenters. The average Bonchev–Trinajstić information content (AvgIpc) is 2.76. The zero-order valence-corrected chi connectivity index (χ0v) is 10.1. The van der Waals surface area contributed by atoms with Gasteiger partial charge in [-0.1, -0.05) is 12.1 Å². The van der Waals surface area contributed by atoms with Crippen molar-refractivity contribution in [2.75, 3.05) is 26.0 Å². The molecule has 2 nitrogen and oxygen atoms in total. The second-order valence-corrected chi connectivity index (χ2v) is 5.25. The van der Waals surface area contributed by atoms with Gasteiger partial charge < -0.3 is 10.4 Å². The molecule has 0 amide bonds. The van der Waals surface area contributed by atoms with Crippen molar-refractivity contribution >= 4 is 11.8 Å². The van der Waals surface area contributed by atoms with Crippen molar-refractivity contribution in [2.45, 2.75) is 16.9 Å². The van der Waals surface area contributed by atoms with Gasteiger partial charge in [0, 0.05) is 17.2 Å². The second kappa shape index (κ2) is 4.73. The van der Waals surface area contributed by atoms with E-state index in [1.807, 2.05) is 18.2 Å². The number of aliphatic hydroxyl groups is 1. The molecule has 1 unspecified atom stereocenters. The number of hydrogen-bond donors (Lipinski definition) is 2. The summed E-state index contributed by atoms with van der Waals surface area (Å²) in [5, 5.41) is 13.0. The molecule has 0 radical (unpaired) electrons. The number of rotatable bonds is 4. The molecule has 0 spiro atoms. The highest BCUT2D eigenvalue weighted by atomic mass is 32.2. The molecular formula is C12H16FNOS. The molecule has 1 aromatic rings. The van der Waals surface area contributed by atoms with E-state index in [1.54, 1.807) is 18.8 Å². The molecule has 1 aliphatic heterocycles. The van der Waals surface area contributed by atoms with Gasteiger partial charge in [-0.2, -0.15) is 0 Å². The summed E-state index contributed by atoms with van der Waals surface area (Å²) in [5.74, 6) is 1.08. The monoisotopic (exact) mass is 241 g/mol. The molecule has 0 bridgehead atoms. The number of nitrogens with one attached hydrogen (secondary N) is 1. The first kappa shape index (κ1) is 11.9. The third-order valence-corrected chi connectivity index (χ3v) is 4.02. The van der Waals surface area contributed by atoms with E-state index in [0.29, 0.717) is 5.56 Å². The number of likely N-dealkylation sites (N-methyl/N-ethyl adjacent to an activating group) is 1. The first-order chi connectivity index (χ1) is 7.69. The topological polar surface area (TPSA) is 32.3 Å². The van der Waals surface area contributed by atoms with E-state index in [2.05, 4.69) is 5.32 Å². The van der Waals surface area contributed by atoms with Gasteiger partial charge in [0.1, 0.15) is 12.3 Å². The second-order valence-electron chi connectivity index (χ2n) is 4.12. The van der Waals surface area contributed by atoms with Gasteiger partial charge in [-0.3, -0.25) is 0 Å². The van der Waals surface area contributed by atoms with Gasteiger partial charge in [0.15, 0.2) is 0 Å². The van der Waals surface area contributed by atoms with Crippen LogP contribution in [0.25, 0.3) is 0 Å². The van der Waals surface area contributed by atoms with E-state index in [-0.39, 0.29) is 6.54 Å². The van der Waals surface area contributed by atoms with E-state index in [1.165, 1.54) is 10.5 Å². The molecule has 0 saturated heterocycles. The third-order valence-electron chi connectivity index (χ3n) is 2.92. The van der Waals surface area contributed by atoms with Gasteiger partial charge in [-0.05, 0) is 30.7 Å². The summed E-state index contributed by atoms with van der Waals surface area (Å²) in [4.78, 5) is 1.18. The summed E-state index contributed by atoms with van der Waals surface area (Å²) in [5.41, 5.74) is 0.573. The molecule has 4 heteroatoms. The van der Waals surface area contributed by atoms with E-state index in [4.69, 9.17) is 0 Å². The van der Waals surface area contributed by atoms with Crippen LogP contribution in [0.15, 0.2) is 23.1 Å². The number of fused-ring (bicyclic) bond motifs is 1. The van der Waals surface area contributed by atoms with Crippen molar-refractivity contribution in [3.8, 4) is 0 Å². The summed E-state index contributed by atoms with van der Waals surface area (Å²) in [6, 6.07) is 5.76. The molecule has 0 aliphatic carbocycles. The van der Waals surface area contributed by atoms with Crippen LogP contribution in [0.5, 0.6) is 0 Å². The molecule has 1 heterocycles.